The first-order chi connectivity index (χ1) is 15.7. The van der Waals surface area contributed by atoms with E-state index in [0.717, 1.165) is 27.5 Å². The number of halogens is 1. The van der Waals surface area contributed by atoms with Crippen LogP contribution in [0.15, 0.2) is 78.0 Å². The van der Waals surface area contributed by atoms with E-state index in [1.54, 1.807) is 23.9 Å². The Morgan fingerprint density at radius 2 is 1.66 bits per heavy atom. The summed E-state index contributed by atoms with van der Waals surface area (Å²) in [7, 11) is 0. The molecule has 0 spiro atoms. The second-order valence-corrected chi connectivity index (χ2v) is 8.74. The zero-order chi connectivity index (χ0) is 21.9. The SMILES string of the molecule is O=C(c1ccc(CSc2nc3ccccc3[nH]2)cc1)N1CCN(c2ccccc2F)CC1. The first-order valence-corrected chi connectivity index (χ1v) is 11.6. The van der Waals surface area contributed by atoms with Gasteiger partial charge in [0, 0.05) is 37.5 Å². The van der Waals surface area contributed by atoms with E-state index >= 15 is 0 Å². The highest BCUT2D eigenvalue weighted by Crippen LogP contribution is 2.24. The lowest BCUT2D eigenvalue weighted by Gasteiger charge is -2.36. The van der Waals surface area contributed by atoms with Gasteiger partial charge >= 0.3 is 0 Å². The third-order valence-electron chi connectivity index (χ3n) is 5.70. The van der Waals surface area contributed by atoms with Crippen LogP contribution in [0, 0.1) is 5.82 Å². The first kappa shape index (κ1) is 20.6. The summed E-state index contributed by atoms with van der Waals surface area (Å²) >= 11 is 1.64. The van der Waals surface area contributed by atoms with Crippen molar-refractivity contribution in [2.24, 2.45) is 0 Å². The van der Waals surface area contributed by atoms with Gasteiger partial charge in [-0.25, -0.2) is 9.37 Å². The fraction of sp³-hybridized carbons (Fsp3) is 0.200. The van der Waals surface area contributed by atoms with E-state index in [-0.39, 0.29) is 11.7 Å². The molecule has 0 saturated carbocycles. The van der Waals surface area contributed by atoms with E-state index in [2.05, 4.69) is 9.97 Å². The number of carbonyl (C=O) groups is 1. The summed E-state index contributed by atoms with van der Waals surface area (Å²) in [4.78, 5) is 24.7. The van der Waals surface area contributed by atoms with Crippen molar-refractivity contribution < 1.29 is 9.18 Å². The average molecular weight is 447 g/mol. The Bertz CT molecular complexity index is 1200. The fourth-order valence-electron chi connectivity index (χ4n) is 3.93. The van der Waals surface area contributed by atoms with Crippen LogP contribution >= 0.6 is 11.8 Å². The Kier molecular flexibility index (Phi) is 5.81. The molecule has 1 amide bonds. The number of hydrogen-bond donors (Lipinski definition) is 1. The monoisotopic (exact) mass is 446 g/mol. The van der Waals surface area contributed by atoms with Crippen LogP contribution in [0.25, 0.3) is 11.0 Å². The van der Waals surface area contributed by atoms with Crippen LogP contribution in [0.3, 0.4) is 0 Å². The Morgan fingerprint density at radius 3 is 2.41 bits per heavy atom. The number of piperazine rings is 1. The highest BCUT2D eigenvalue weighted by atomic mass is 32.2. The van der Waals surface area contributed by atoms with Crippen molar-refractivity contribution in [3.63, 3.8) is 0 Å². The van der Waals surface area contributed by atoms with Crippen molar-refractivity contribution in [3.05, 3.63) is 89.7 Å². The molecule has 1 aliphatic heterocycles. The minimum absolute atomic E-state index is 0.0228. The predicted molar refractivity (Wildman–Crippen MR) is 127 cm³/mol. The maximum Gasteiger partial charge on any atom is 0.253 e. The quantitative estimate of drug-likeness (QED) is 0.441. The summed E-state index contributed by atoms with van der Waals surface area (Å²) in [6.45, 7) is 2.41. The number of fused-ring (bicyclic) bond motifs is 1. The number of nitrogens with zero attached hydrogens (tertiary/aromatic N) is 3. The largest absolute Gasteiger partial charge is 0.366 e. The van der Waals surface area contributed by atoms with Crippen molar-refractivity contribution in [2.75, 3.05) is 31.1 Å². The topological polar surface area (TPSA) is 52.2 Å². The molecule has 1 aromatic heterocycles. The molecule has 1 aliphatic rings. The molecule has 2 heterocycles. The number of amides is 1. The number of H-pyrrole nitrogens is 1. The molecule has 5 rings (SSSR count). The number of thioether (sulfide) groups is 1. The number of carbonyl (C=O) groups excluding carboxylic acids is 1. The van der Waals surface area contributed by atoms with Crippen LogP contribution in [0.1, 0.15) is 15.9 Å². The van der Waals surface area contributed by atoms with E-state index < -0.39 is 0 Å². The van der Waals surface area contributed by atoms with Crippen molar-refractivity contribution >= 4 is 34.4 Å². The van der Waals surface area contributed by atoms with Crippen molar-refractivity contribution in [1.29, 1.82) is 0 Å². The summed E-state index contributed by atoms with van der Waals surface area (Å²) in [5.41, 5.74) is 4.42. The Morgan fingerprint density at radius 1 is 0.938 bits per heavy atom. The minimum Gasteiger partial charge on any atom is -0.366 e. The number of imidazole rings is 1. The van der Waals surface area contributed by atoms with Crippen LogP contribution in [0.5, 0.6) is 0 Å². The smallest absolute Gasteiger partial charge is 0.253 e. The molecule has 0 radical (unpaired) electrons. The summed E-state index contributed by atoms with van der Waals surface area (Å²) in [5.74, 6) is 0.577. The molecule has 4 aromatic rings. The van der Waals surface area contributed by atoms with Gasteiger partial charge in [-0.2, -0.15) is 0 Å². The van der Waals surface area contributed by atoms with Crippen LogP contribution in [-0.2, 0) is 5.75 Å². The molecule has 0 aliphatic carbocycles. The molecule has 0 unspecified atom stereocenters. The fourth-order valence-corrected chi connectivity index (χ4v) is 4.78. The second-order valence-electron chi connectivity index (χ2n) is 7.78. The van der Waals surface area contributed by atoms with Gasteiger partial charge in [0.1, 0.15) is 5.82 Å². The van der Waals surface area contributed by atoms with Gasteiger partial charge in [0.05, 0.1) is 16.7 Å². The molecule has 7 heteroatoms. The minimum atomic E-state index is -0.219. The van der Waals surface area contributed by atoms with Gasteiger partial charge in [-0.3, -0.25) is 4.79 Å². The standard InChI is InChI=1S/C25H23FN4OS/c26-20-5-1-4-8-23(20)29-13-15-30(16-14-29)24(31)19-11-9-18(10-12-19)17-32-25-27-21-6-2-3-7-22(21)28-25/h1-12H,13-17H2,(H,27,28). The van der Waals surface area contributed by atoms with Crippen molar-refractivity contribution in [3.8, 4) is 0 Å². The molecular weight excluding hydrogens is 423 g/mol. The van der Waals surface area contributed by atoms with E-state index in [1.165, 1.54) is 6.07 Å². The summed E-state index contributed by atoms with van der Waals surface area (Å²) in [6.07, 6.45) is 0. The number of anilines is 1. The third kappa shape index (κ3) is 4.34. The van der Waals surface area contributed by atoms with Gasteiger partial charge in [0.15, 0.2) is 5.16 Å². The predicted octanol–water partition coefficient (Wildman–Crippen LogP) is 4.96. The van der Waals surface area contributed by atoms with Crippen LogP contribution in [0.2, 0.25) is 0 Å². The normalized spacial score (nSPS) is 14.2. The van der Waals surface area contributed by atoms with E-state index in [4.69, 9.17) is 0 Å². The van der Waals surface area contributed by atoms with Crippen LogP contribution in [0.4, 0.5) is 10.1 Å². The van der Waals surface area contributed by atoms with Crippen molar-refractivity contribution in [2.45, 2.75) is 10.9 Å². The molecule has 1 saturated heterocycles. The Hall–Kier alpha value is -3.32. The molecule has 32 heavy (non-hydrogen) atoms. The molecule has 0 bridgehead atoms. The zero-order valence-electron chi connectivity index (χ0n) is 17.5. The van der Waals surface area contributed by atoms with Gasteiger partial charge in [-0.05, 0) is 42.0 Å². The van der Waals surface area contributed by atoms with Gasteiger partial charge < -0.3 is 14.8 Å². The second kappa shape index (κ2) is 9.04. The number of aromatic nitrogens is 2. The van der Waals surface area contributed by atoms with E-state index in [0.29, 0.717) is 37.4 Å². The maximum absolute atomic E-state index is 14.0. The van der Waals surface area contributed by atoms with E-state index in [9.17, 15) is 9.18 Å². The van der Waals surface area contributed by atoms with Crippen molar-refractivity contribution in [1.82, 2.24) is 14.9 Å². The molecule has 3 aromatic carbocycles. The highest BCUT2D eigenvalue weighted by Gasteiger charge is 2.23. The lowest BCUT2D eigenvalue weighted by Crippen LogP contribution is -2.49. The van der Waals surface area contributed by atoms with Crippen LogP contribution in [-0.4, -0.2) is 47.0 Å². The molecule has 1 fully saturated rings. The van der Waals surface area contributed by atoms with Gasteiger partial charge in [0.25, 0.3) is 5.91 Å². The average Bonchev–Trinajstić information content (AvgIpc) is 3.26. The zero-order valence-corrected chi connectivity index (χ0v) is 18.3. The summed E-state index contributed by atoms with van der Waals surface area (Å²) < 4.78 is 14.0. The molecule has 162 valence electrons. The molecular formula is C25H23FN4OS. The number of nitrogens with one attached hydrogen (secondary N) is 1. The maximum atomic E-state index is 14.0. The highest BCUT2D eigenvalue weighted by molar-refractivity contribution is 7.98. The lowest BCUT2D eigenvalue weighted by molar-refractivity contribution is 0.0746. The number of benzene rings is 3. The summed E-state index contributed by atoms with van der Waals surface area (Å²) in [5, 5.41) is 0.888. The van der Waals surface area contributed by atoms with Gasteiger partial charge in [-0.15, -0.1) is 0 Å². The number of aromatic amines is 1. The number of rotatable bonds is 5. The number of para-hydroxylation sites is 3. The third-order valence-corrected chi connectivity index (χ3v) is 6.65. The molecule has 0 atom stereocenters. The number of hydrogen-bond acceptors (Lipinski definition) is 4. The van der Waals surface area contributed by atoms with E-state index in [1.807, 2.05) is 64.4 Å². The first-order valence-electron chi connectivity index (χ1n) is 10.6. The van der Waals surface area contributed by atoms with Crippen LogP contribution < -0.4 is 4.90 Å². The van der Waals surface area contributed by atoms with Gasteiger partial charge in [-0.1, -0.05) is 48.2 Å². The molecule has 5 nitrogen and oxygen atoms in total. The Balaban J connectivity index is 1.17. The summed E-state index contributed by atoms with van der Waals surface area (Å²) in [6, 6.07) is 22.5. The lowest BCUT2D eigenvalue weighted by atomic mass is 10.1. The Labute approximate surface area is 190 Å². The van der Waals surface area contributed by atoms with Gasteiger partial charge in [0.2, 0.25) is 0 Å². The molecule has 1 N–H and O–H groups in total.